The van der Waals surface area contributed by atoms with Crippen molar-refractivity contribution in [2.75, 3.05) is 7.11 Å². The van der Waals surface area contributed by atoms with Gasteiger partial charge in [0.15, 0.2) is 0 Å². The summed E-state index contributed by atoms with van der Waals surface area (Å²) in [7, 11) is 1.34. The summed E-state index contributed by atoms with van der Waals surface area (Å²) in [4.78, 5) is 36.5. The number of amides is 1. The third-order valence-electron chi connectivity index (χ3n) is 12.3. The molecular formula is C31H49NO5. The largest absolute Gasteiger partial charge is 0.467 e. The number of ketones is 1. The molecule has 1 amide bonds. The zero-order valence-electron chi connectivity index (χ0n) is 23.9. The molecule has 0 radical (unpaired) electrons. The fourth-order valence-corrected chi connectivity index (χ4v) is 10.2. The van der Waals surface area contributed by atoms with Gasteiger partial charge in [-0.3, -0.25) is 9.59 Å². The molecule has 5 fully saturated rings. The second kappa shape index (κ2) is 9.95. The molecule has 12 atom stereocenters. The number of hydrogen-bond donors (Lipinski definition) is 1. The van der Waals surface area contributed by atoms with Gasteiger partial charge in [0.1, 0.15) is 11.8 Å². The van der Waals surface area contributed by atoms with Crippen molar-refractivity contribution in [2.24, 2.45) is 52.3 Å². The predicted octanol–water partition coefficient (Wildman–Crippen LogP) is 5.32. The van der Waals surface area contributed by atoms with E-state index < -0.39 is 12.0 Å². The van der Waals surface area contributed by atoms with Crippen molar-refractivity contribution in [3.8, 4) is 0 Å². The summed E-state index contributed by atoms with van der Waals surface area (Å²) in [5.74, 6) is 3.82. The van der Waals surface area contributed by atoms with Gasteiger partial charge >= 0.3 is 5.97 Å². The Morgan fingerprint density at radius 1 is 1.11 bits per heavy atom. The van der Waals surface area contributed by atoms with E-state index in [4.69, 9.17) is 9.47 Å². The van der Waals surface area contributed by atoms with E-state index in [1.165, 1.54) is 39.2 Å². The van der Waals surface area contributed by atoms with Crippen LogP contribution in [-0.2, 0) is 23.9 Å². The van der Waals surface area contributed by atoms with E-state index >= 15 is 0 Å². The molecule has 5 aliphatic rings. The molecule has 6 nitrogen and oxygen atoms in total. The molecule has 4 aliphatic carbocycles. The first-order valence-corrected chi connectivity index (χ1v) is 15.0. The van der Waals surface area contributed by atoms with Crippen molar-refractivity contribution in [1.29, 1.82) is 0 Å². The molecule has 5 rings (SSSR count). The van der Waals surface area contributed by atoms with E-state index in [0.717, 1.165) is 49.9 Å². The molecule has 1 saturated heterocycles. The van der Waals surface area contributed by atoms with Gasteiger partial charge in [-0.15, -0.1) is 0 Å². The lowest BCUT2D eigenvalue weighted by Gasteiger charge is -2.60. The molecule has 0 aromatic heterocycles. The van der Waals surface area contributed by atoms with E-state index in [0.29, 0.717) is 40.5 Å². The first-order chi connectivity index (χ1) is 17.5. The van der Waals surface area contributed by atoms with Gasteiger partial charge in [-0.05, 0) is 105 Å². The lowest BCUT2D eigenvalue weighted by molar-refractivity contribution is -0.145. The monoisotopic (exact) mass is 515 g/mol. The van der Waals surface area contributed by atoms with Crippen LogP contribution in [0.15, 0.2) is 0 Å². The average Bonchev–Trinajstić information content (AvgIpc) is 3.35. The summed E-state index contributed by atoms with van der Waals surface area (Å²) in [6.45, 7) is 11.1. The average molecular weight is 516 g/mol. The maximum Gasteiger partial charge on any atom is 0.328 e. The zero-order chi connectivity index (χ0) is 26.7. The Hall–Kier alpha value is -1.43. The first kappa shape index (κ1) is 27.1. The highest BCUT2D eigenvalue weighted by atomic mass is 16.5. The number of fused-ring (bicyclic) bond motifs is 7. The maximum absolute atomic E-state index is 12.6. The molecule has 1 heterocycles. The second-order valence-electron chi connectivity index (χ2n) is 14.0. The van der Waals surface area contributed by atoms with Gasteiger partial charge in [-0.25, -0.2) is 4.79 Å². The predicted molar refractivity (Wildman–Crippen MR) is 141 cm³/mol. The van der Waals surface area contributed by atoms with E-state index in [1.54, 1.807) is 6.92 Å². The van der Waals surface area contributed by atoms with Gasteiger partial charge in [0.2, 0.25) is 5.91 Å². The van der Waals surface area contributed by atoms with Crippen LogP contribution in [-0.4, -0.2) is 43.0 Å². The van der Waals surface area contributed by atoms with Crippen molar-refractivity contribution in [2.45, 2.75) is 117 Å². The third-order valence-corrected chi connectivity index (χ3v) is 12.3. The number of Topliss-reactive ketones (excluding diaryl/α,β-unsaturated/α-hetero) is 1. The Balaban J connectivity index is 1.21. The van der Waals surface area contributed by atoms with Gasteiger partial charge in [-0.1, -0.05) is 27.7 Å². The lowest BCUT2D eigenvalue weighted by Crippen LogP contribution is -2.54. The number of ether oxygens (including phenoxy) is 2. The molecule has 4 saturated carbocycles. The molecule has 0 bridgehead atoms. The standard InChI is InChI=1S/C31H49NO5/c1-17(28(34)32-19(3)29(35)36-6)7-10-25-18(2)27-26(37-25)16-24-22-9-8-20-15-21(33)11-13-30(20,4)23(22)12-14-31(24,27)5/h17-20,22-27H,7-16H2,1-6H3,(H,32,34)/t17-,18+,19?,20+,22+,23-,24-,25+,26-,27-,30-,31-/m0/s1. The van der Waals surface area contributed by atoms with Gasteiger partial charge in [0.05, 0.1) is 19.3 Å². The minimum atomic E-state index is -0.626. The molecule has 1 aliphatic heterocycles. The summed E-state index contributed by atoms with van der Waals surface area (Å²) < 4.78 is 11.5. The van der Waals surface area contributed by atoms with Crippen LogP contribution in [0.2, 0.25) is 0 Å². The topological polar surface area (TPSA) is 81.7 Å². The normalized spacial score (nSPS) is 46.2. The number of nitrogens with one attached hydrogen (secondary N) is 1. The van der Waals surface area contributed by atoms with E-state index in [-0.39, 0.29) is 17.9 Å². The van der Waals surface area contributed by atoms with Crippen molar-refractivity contribution in [3.63, 3.8) is 0 Å². The number of methoxy groups -OCH3 is 1. The van der Waals surface area contributed by atoms with Crippen LogP contribution in [0.1, 0.15) is 98.8 Å². The minimum absolute atomic E-state index is 0.0948. The molecule has 1 N–H and O–H groups in total. The van der Waals surface area contributed by atoms with Crippen molar-refractivity contribution >= 4 is 17.7 Å². The highest BCUT2D eigenvalue weighted by Gasteiger charge is 2.65. The SMILES string of the molecule is COC(=O)C(C)NC(=O)[C@@H](C)CC[C@H]1O[C@H]2C[C@H]3[C@@H]4CC[C@@H]5CC(=O)CC[C@]5(C)[C@H]4CC[C@]3(C)[C@H]2[C@@H]1C. The van der Waals surface area contributed by atoms with Crippen LogP contribution in [0.5, 0.6) is 0 Å². The van der Waals surface area contributed by atoms with E-state index in [1.807, 2.05) is 6.92 Å². The Morgan fingerprint density at radius 2 is 1.86 bits per heavy atom. The third kappa shape index (κ3) is 4.47. The molecule has 6 heteroatoms. The van der Waals surface area contributed by atoms with Crippen LogP contribution in [0.25, 0.3) is 0 Å². The van der Waals surface area contributed by atoms with E-state index in [9.17, 15) is 14.4 Å². The van der Waals surface area contributed by atoms with Crippen LogP contribution < -0.4 is 5.32 Å². The van der Waals surface area contributed by atoms with Crippen LogP contribution in [0.4, 0.5) is 0 Å². The Kier molecular flexibility index (Phi) is 7.30. The van der Waals surface area contributed by atoms with Gasteiger partial charge in [0, 0.05) is 18.8 Å². The summed E-state index contributed by atoms with van der Waals surface area (Å²) in [6.07, 6.45) is 11.2. The molecule has 0 aromatic rings. The van der Waals surface area contributed by atoms with Crippen LogP contribution >= 0.6 is 0 Å². The highest BCUT2D eigenvalue weighted by molar-refractivity contribution is 5.85. The Bertz CT molecular complexity index is 919. The molecule has 0 spiro atoms. The summed E-state index contributed by atoms with van der Waals surface area (Å²) in [5, 5.41) is 2.78. The Morgan fingerprint density at radius 3 is 2.59 bits per heavy atom. The van der Waals surface area contributed by atoms with Crippen LogP contribution in [0, 0.1) is 52.3 Å². The number of hydrogen-bond acceptors (Lipinski definition) is 5. The minimum Gasteiger partial charge on any atom is -0.467 e. The smallest absolute Gasteiger partial charge is 0.328 e. The first-order valence-electron chi connectivity index (χ1n) is 15.0. The quantitative estimate of drug-likeness (QED) is 0.484. The van der Waals surface area contributed by atoms with Crippen LogP contribution in [0.3, 0.4) is 0 Å². The van der Waals surface area contributed by atoms with Crippen molar-refractivity contribution < 1.29 is 23.9 Å². The fourth-order valence-electron chi connectivity index (χ4n) is 10.2. The summed E-state index contributed by atoms with van der Waals surface area (Å²) in [6, 6.07) is -0.626. The summed E-state index contributed by atoms with van der Waals surface area (Å²) >= 11 is 0. The number of carbonyl (C=O) groups is 3. The highest BCUT2D eigenvalue weighted by Crippen LogP contribution is 2.69. The van der Waals surface area contributed by atoms with Crippen molar-refractivity contribution in [1.82, 2.24) is 5.32 Å². The zero-order valence-corrected chi connectivity index (χ0v) is 23.9. The fraction of sp³-hybridized carbons (Fsp3) is 0.903. The molecule has 0 aromatic carbocycles. The molecule has 1 unspecified atom stereocenters. The van der Waals surface area contributed by atoms with E-state index in [2.05, 4.69) is 26.1 Å². The molecule has 208 valence electrons. The van der Waals surface area contributed by atoms with Gasteiger partial charge in [0.25, 0.3) is 0 Å². The van der Waals surface area contributed by atoms with Crippen molar-refractivity contribution in [3.05, 3.63) is 0 Å². The lowest BCUT2D eigenvalue weighted by atomic mass is 9.44. The summed E-state index contributed by atoms with van der Waals surface area (Å²) in [5.41, 5.74) is 0.694. The maximum atomic E-state index is 12.6. The van der Waals surface area contributed by atoms with Gasteiger partial charge < -0.3 is 14.8 Å². The molecular weight excluding hydrogens is 466 g/mol. The molecule has 37 heavy (non-hydrogen) atoms. The second-order valence-corrected chi connectivity index (χ2v) is 14.0. The number of rotatable bonds is 6. The number of carbonyl (C=O) groups excluding carboxylic acids is 3. The number of esters is 1. The van der Waals surface area contributed by atoms with Gasteiger partial charge in [-0.2, -0.15) is 0 Å². The Labute approximate surface area is 223 Å².